The van der Waals surface area contributed by atoms with Gasteiger partial charge in [0.15, 0.2) is 0 Å². The Bertz CT molecular complexity index is 1210. The number of hydrogen-bond acceptors (Lipinski definition) is 4. The van der Waals surface area contributed by atoms with Crippen molar-refractivity contribution in [2.75, 3.05) is 25.1 Å². The number of hydrogen-bond donors (Lipinski definition) is 0. The molecule has 2 heterocycles. The van der Waals surface area contributed by atoms with Crippen molar-refractivity contribution in [1.29, 1.82) is 0 Å². The van der Waals surface area contributed by atoms with E-state index in [1.54, 1.807) is 7.11 Å². The van der Waals surface area contributed by atoms with Crippen LogP contribution in [0.15, 0.2) is 79.0 Å². The first-order valence-corrected chi connectivity index (χ1v) is 11.2. The van der Waals surface area contributed by atoms with E-state index in [-0.39, 0.29) is 12.2 Å². The highest BCUT2D eigenvalue weighted by Crippen LogP contribution is 2.40. The summed E-state index contributed by atoms with van der Waals surface area (Å²) < 4.78 is 11.8. The number of pyridine rings is 1. The van der Waals surface area contributed by atoms with Crippen molar-refractivity contribution in [3.63, 3.8) is 0 Å². The van der Waals surface area contributed by atoms with Gasteiger partial charge < -0.3 is 14.4 Å². The second-order valence-corrected chi connectivity index (χ2v) is 8.48. The van der Waals surface area contributed by atoms with E-state index in [1.165, 1.54) is 16.5 Å². The molecule has 0 unspecified atom stereocenters. The van der Waals surface area contributed by atoms with E-state index in [0.717, 1.165) is 41.2 Å². The molecule has 0 saturated carbocycles. The molecule has 1 aromatic heterocycles. The summed E-state index contributed by atoms with van der Waals surface area (Å²) in [5.41, 5.74) is 4.50. The van der Waals surface area contributed by atoms with Crippen LogP contribution in [0.4, 0.5) is 5.82 Å². The summed E-state index contributed by atoms with van der Waals surface area (Å²) in [5, 5.41) is 2.28. The molecule has 1 saturated heterocycles. The Labute approximate surface area is 189 Å². The van der Waals surface area contributed by atoms with Gasteiger partial charge in [-0.3, -0.25) is 0 Å². The van der Waals surface area contributed by atoms with E-state index >= 15 is 0 Å². The first-order chi connectivity index (χ1) is 15.6. The lowest BCUT2D eigenvalue weighted by molar-refractivity contribution is -0.00545. The molecule has 32 heavy (non-hydrogen) atoms. The van der Waals surface area contributed by atoms with Gasteiger partial charge in [-0.1, -0.05) is 54.6 Å². The van der Waals surface area contributed by atoms with E-state index in [1.807, 2.05) is 12.3 Å². The van der Waals surface area contributed by atoms with Crippen molar-refractivity contribution in [2.24, 2.45) is 0 Å². The molecule has 4 nitrogen and oxygen atoms in total. The average molecular weight is 425 g/mol. The van der Waals surface area contributed by atoms with Crippen LogP contribution >= 0.6 is 0 Å². The van der Waals surface area contributed by atoms with Crippen LogP contribution in [-0.4, -0.2) is 37.4 Å². The fraction of sp³-hybridized carbons (Fsp3) is 0.250. The Hall–Kier alpha value is -3.37. The van der Waals surface area contributed by atoms with Crippen LogP contribution in [0.25, 0.3) is 33.0 Å². The molecule has 162 valence electrons. The molecule has 4 aromatic rings. The van der Waals surface area contributed by atoms with Crippen LogP contribution in [-0.2, 0) is 4.74 Å². The third kappa shape index (κ3) is 3.82. The van der Waals surface area contributed by atoms with Crippen LogP contribution in [0, 0.1) is 0 Å². The van der Waals surface area contributed by atoms with Gasteiger partial charge in [-0.25, -0.2) is 4.98 Å². The maximum absolute atomic E-state index is 5.92. The van der Waals surface area contributed by atoms with Crippen LogP contribution in [0.2, 0.25) is 0 Å². The largest absolute Gasteiger partial charge is 0.495 e. The molecule has 0 bridgehead atoms. The SMILES string of the molecule is COc1c(-c2ccc(N3C[C@@H](C)O[C@@H](C)C3)nc2)ccc2c(-c3ccccc3)cccc12. The summed E-state index contributed by atoms with van der Waals surface area (Å²) in [6.45, 7) is 5.94. The van der Waals surface area contributed by atoms with Crippen molar-refractivity contribution in [2.45, 2.75) is 26.1 Å². The summed E-state index contributed by atoms with van der Waals surface area (Å²) in [6.07, 6.45) is 2.37. The van der Waals surface area contributed by atoms with Crippen molar-refractivity contribution in [3.8, 4) is 28.0 Å². The van der Waals surface area contributed by atoms with Gasteiger partial charge in [-0.2, -0.15) is 0 Å². The Morgan fingerprint density at radius 3 is 2.25 bits per heavy atom. The number of fused-ring (bicyclic) bond motifs is 1. The number of nitrogens with zero attached hydrogens (tertiary/aromatic N) is 2. The fourth-order valence-electron chi connectivity index (χ4n) is 4.74. The van der Waals surface area contributed by atoms with Gasteiger partial charge in [0.25, 0.3) is 0 Å². The third-order valence-electron chi connectivity index (χ3n) is 6.10. The highest BCUT2D eigenvalue weighted by atomic mass is 16.5. The standard InChI is InChI=1S/C28H28N2O2/c1-19-17-30(18-20(2)32-19)27-15-12-22(16-29-27)24-13-14-25-23(21-8-5-4-6-9-21)10-7-11-26(25)28(24)31-3/h4-16,19-20H,17-18H2,1-3H3/t19-,20+. The Morgan fingerprint density at radius 1 is 0.781 bits per heavy atom. The van der Waals surface area contributed by atoms with Crippen LogP contribution in [0.1, 0.15) is 13.8 Å². The van der Waals surface area contributed by atoms with Gasteiger partial charge in [0.1, 0.15) is 11.6 Å². The summed E-state index contributed by atoms with van der Waals surface area (Å²) in [6, 6.07) is 25.4. The molecule has 2 atom stereocenters. The second kappa shape index (κ2) is 8.64. The lowest BCUT2D eigenvalue weighted by Gasteiger charge is -2.36. The first kappa shape index (κ1) is 20.5. The molecular formula is C28H28N2O2. The third-order valence-corrected chi connectivity index (χ3v) is 6.10. The number of benzene rings is 3. The molecule has 3 aromatic carbocycles. The van der Waals surface area contributed by atoms with Crippen molar-refractivity contribution >= 4 is 16.6 Å². The smallest absolute Gasteiger partial charge is 0.134 e. The molecule has 4 heteroatoms. The normalized spacial score (nSPS) is 18.7. The predicted octanol–water partition coefficient (Wildman–Crippen LogP) is 6.19. The number of rotatable bonds is 4. The molecule has 0 radical (unpaired) electrons. The van der Waals surface area contributed by atoms with E-state index in [0.29, 0.717) is 0 Å². The van der Waals surface area contributed by atoms with Crippen LogP contribution < -0.4 is 9.64 Å². The topological polar surface area (TPSA) is 34.6 Å². The van der Waals surface area contributed by atoms with Gasteiger partial charge in [0, 0.05) is 35.8 Å². The number of methoxy groups -OCH3 is 1. The fourth-order valence-corrected chi connectivity index (χ4v) is 4.74. The average Bonchev–Trinajstić information content (AvgIpc) is 2.83. The number of aromatic nitrogens is 1. The van der Waals surface area contributed by atoms with E-state index in [4.69, 9.17) is 14.5 Å². The Kier molecular flexibility index (Phi) is 5.54. The zero-order valence-electron chi connectivity index (χ0n) is 18.8. The van der Waals surface area contributed by atoms with E-state index < -0.39 is 0 Å². The number of anilines is 1. The zero-order chi connectivity index (χ0) is 22.1. The lowest BCUT2D eigenvalue weighted by atomic mass is 9.94. The van der Waals surface area contributed by atoms with Gasteiger partial charge in [-0.15, -0.1) is 0 Å². The molecular weight excluding hydrogens is 396 g/mol. The lowest BCUT2D eigenvalue weighted by Crippen LogP contribution is -2.45. The minimum atomic E-state index is 0.208. The second-order valence-electron chi connectivity index (χ2n) is 8.48. The minimum Gasteiger partial charge on any atom is -0.495 e. The van der Waals surface area contributed by atoms with Gasteiger partial charge in [0.2, 0.25) is 0 Å². The maximum atomic E-state index is 5.92. The highest BCUT2D eigenvalue weighted by Gasteiger charge is 2.23. The summed E-state index contributed by atoms with van der Waals surface area (Å²) >= 11 is 0. The number of ether oxygens (including phenoxy) is 2. The monoisotopic (exact) mass is 424 g/mol. The van der Waals surface area contributed by atoms with Crippen molar-refractivity contribution < 1.29 is 9.47 Å². The predicted molar refractivity (Wildman–Crippen MR) is 131 cm³/mol. The van der Waals surface area contributed by atoms with E-state index in [2.05, 4.69) is 85.5 Å². The molecule has 0 spiro atoms. The Morgan fingerprint density at radius 2 is 1.56 bits per heavy atom. The number of morpholine rings is 1. The van der Waals surface area contributed by atoms with Crippen molar-refractivity contribution in [3.05, 3.63) is 79.0 Å². The quantitative estimate of drug-likeness (QED) is 0.391. The van der Waals surface area contributed by atoms with Crippen LogP contribution in [0.5, 0.6) is 5.75 Å². The Balaban J connectivity index is 1.53. The molecule has 0 aliphatic carbocycles. The van der Waals surface area contributed by atoms with Gasteiger partial charge >= 0.3 is 0 Å². The maximum Gasteiger partial charge on any atom is 0.134 e. The first-order valence-electron chi connectivity index (χ1n) is 11.2. The molecule has 5 rings (SSSR count). The molecule has 1 aliphatic rings. The molecule has 0 amide bonds. The van der Waals surface area contributed by atoms with Crippen LogP contribution in [0.3, 0.4) is 0 Å². The minimum absolute atomic E-state index is 0.208. The summed E-state index contributed by atoms with van der Waals surface area (Å²) in [7, 11) is 1.74. The van der Waals surface area contributed by atoms with E-state index in [9.17, 15) is 0 Å². The van der Waals surface area contributed by atoms with Gasteiger partial charge in [-0.05, 0) is 48.6 Å². The van der Waals surface area contributed by atoms with Gasteiger partial charge in [0.05, 0.1) is 19.3 Å². The van der Waals surface area contributed by atoms with Crippen molar-refractivity contribution in [1.82, 2.24) is 4.98 Å². The zero-order valence-corrected chi connectivity index (χ0v) is 18.8. The summed E-state index contributed by atoms with van der Waals surface area (Å²) in [5.74, 6) is 1.87. The summed E-state index contributed by atoms with van der Waals surface area (Å²) in [4.78, 5) is 7.08. The molecule has 1 fully saturated rings. The molecule has 1 aliphatic heterocycles. The highest BCUT2D eigenvalue weighted by molar-refractivity contribution is 6.03. The molecule has 0 N–H and O–H groups in total.